The SMILES string of the molecule is COc1ccc2c(c1)Oc1ccccc1S2(=O)=O. The number of benzene rings is 2. The van der Waals surface area contributed by atoms with Gasteiger partial charge in [0.25, 0.3) is 0 Å². The second-order valence-electron chi connectivity index (χ2n) is 3.86. The van der Waals surface area contributed by atoms with Crippen molar-refractivity contribution in [3.05, 3.63) is 42.5 Å². The van der Waals surface area contributed by atoms with Gasteiger partial charge >= 0.3 is 0 Å². The van der Waals surface area contributed by atoms with E-state index < -0.39 is 9.84 Å². The van der Waals surface area contributed by atoms with E-state index in [1.807, 2.05) is 0 Å². The highest BCUT2D eigenvalue weighted by Gasteiger charge is 2.31. The number of fused-ring (bicyclic) bond motifs is 2. The van der Waals surface area contributed by atoms with Crippen molar-refractivity contribution < 1.29 is 17.9 Å². The lowest BCUT2D eigenvalue weighted by molar-refractivity contribution is 0.402. The fourth-order valence-electron chi connectivity index (χ4n) is 1.91. The normalized spacial score (nSPS) is 15.2. The summed E-state index contributed by atoms with van der Waals surface area (Å²) in [4.78, 5) is 0.365. The van der Waals surface area contributed by atoms with Gasteiger partial charge in [0.15, 0.2) is 0 Å². The summed E-state index contributed by atoms with van der Waals surface area (Å²) in [6, 6.07) is 11.3. The molecule has 2 aromatic carbocycles. The number of methoxy groups -OCH3 is 1. The van der Waals surface area contributed by atoms with E-state index in [0.717, 1.165) is 0 Å². The summed E-state index contributed by atoms with van der Waals surface area (Å²) in [5, 5.41) is 0. The van der Waals surface area contributed by atoms with Crippen molar-refractivity contribution in [1.82, 2.24) is 0 Å². The van der Waals surface area contributed by atoms with Crippen LogP contribution in [0.1, 0.15) is 0 Å². The molecule has 0 N–H and O–H groups in total. The number of hydrogen-bond donors (Lipinski definition) is 0. The van der Waals surface area contributed by atoms with Gasteiger partial charge in [-0.15, -0.1) is 0 Å². The molecule has 3 rings (SSSR count). The maximum atomic E-state index is 12.4. The highest BCUT2D eigenvalue weighted by atomic mass is 32.2. The summed E-state index contributed by atoms with van der Waals surface area (Å²) in [5.74, 6) is 1.20. The molecule has 5 heteroatoms. The lowest BCUT2D eigenvalue weighted by atomic mass is 10.3. The molecule has 0 amide bonds. The first-order chi connectivity index (χ1) is 8.63. The Morgan fingerprint density at radius 1 is 1.00 bits per heavy atom. The number of ether oxygens (including phenoxy) is 2. The number of sulfone groups is 1. The molecular weight excluding hydrogens is 252 g/mol. The zero-order valence-electron chi connectivity index (χ0n) is 9.58. The smallest absolute Gasteiger partial charge is 0.213 e. The molecule has 0 atom stereocenters. The third-order valence-corrected chi connectivity index (χ3v) is 4.63. The molecule has 4 nitrogen and oxygen atoms in total. The first-order valence-electron chi connectivity index (χ1n) is 5.33. The minimum absolute atomic E-state index is 0.169. The van der Waals surface area contributed by atoms with Crippen LogP contribution in [0.15, 0.2) is 52.3 Å². The quantitative estimate of drug-likeness (QED) is 0.676. The highest BCUT2D eigenvalue weighted by Crippen LogP contribution is 2.43. The van der Waals surface area contributed by atoms with Crippen molar-refractivity contribution in [2.45, 2.75) is 9.79 Å². The van der Waals surface area contributed by atoms with Crippen LogP contribution >= 0.6 is 0 Å². The topological polar surface area (TPSA) is 52.6 Å². The Balaban J connectivity index is 2.28. The van der Waals surface area contributed by atoms with Gasteiger partial charge in [0, 0.05) is 6.07 Å². The van der Waals surface area contributed by atoms with Crippen molar-refractivity contribution in [1.29, 1.82) is 0 Å². The van der Waals surface area contributed by atoms with Crippen LogP contribution in [-0.2, 0) is 9.84 Å². The molecule has 1 aliphatic rings. The van der Waals surface area contributed by atoms with Crippen molar-refractivity contribution in [2.75, 3.05) is 7.11 Å². The molecule has 0 aliphatic carbocycles. The molecule has 0 spiro atoms. The van der Waals surface area contributed by atoms with Crippen LogP contribution in [0.4, 0.5) is 0 Å². The average molecular weight is 262 g/mol. The zero-order valence-corrected chi connectivity index (χ0v) is 10.4. The van der Waals surface area contributed by atoms with E-state index in [9.17, 15) is 8.42 Å². The summed E-state index contributed by atoms with van der Waals surface area (Å²) in [5.41, 5.74) is 0. The maximum absolute atomic E-state index is 12.4. The average Bonchev–Trinajstić information content (AvgIpc) is 2.38. The van der Waals surface area contributed by atoms with Crippen LogP contribution in [0.5, 0.6) is 17.2 Å². The molecule has 18 heavy (non-hydrogen) atoms. The molecule has 0 bridgehead atoms. The van der Waals surface area contributed by atoms with Crippen LogP contribution in [0.2, 0.25) is 0 Å². The minimum Gasteiger partial charge on any atom is -0.497 e. The van der Waals surface area contributed by atoms with E-state index in [0.29, 0.717) is 17.2 Å². The second-order valence-corrected chi connectivity index (χ2v) is 5.75. The fourth-order valence-corrected chi connectivity index (χ4v) is 3.39. The van der Waals surface area contributed by atoms with E-state index in [-0.39, 0.29) is 9.79 Å². The van der Waals surface area contributed by atoms with E-state index >= 15 is 0 Å². The summed E-state index contributed by atoms with van der Waals surface area (Å²) >= 11 is 0. The molecule has 0 saturated carbocycles. The number of para-hydroxylation sites is 1. The highest BCUT2D eigenvalue weighted by molar-refractivity contribution is 7.91. The Bertz CT molecular complexity index is 720. The van der Waals surface area contributed by atoms with Crippen LogP contribution in [0, 0.1) is 0 Å². The van der Waals surface area contributed by atoms with Crippen molar-refractivity contribution in [3.63, 3.8) is 0 Å². The molecule has 1 aliphatic heterocycles. The van der Waals surface area contributed by atoms with Gasteiger partial charge in [0.05, 0.1) is 7.11 Å². The van der Waals surface area contributed by atoms with Gasteiger partial charge in [-0.05, 0) is 24.3 Å². The lowest BCUT2D eigenvalue weighted by Crippen LogP contribution is -2.10. The van der Waals surface area contributed by atoms with E-state index in [1.165, 1.54) is 19.2 Å². The Labute approximate surface area is 105 Å². The second kappa shape index (κ2) is 3.74. The molecular formula is C13H10O4S. The summed E-state index contributed by atoms with van der Waals surface area (Å²) in [6.07, 6.45) is 0. The standard InChI is InChI=1S/C13H10O4S/c1-16-9-6-7-13-11(8-9)17-10-4-2-3-5-12(10)18(13,14)15/h2-8H,1H3. The van der Waals surface area contributed by atoms with Gasteiger partial charge < -0.3 is 9.47 Å². The predicted octanol–water partition coefficient (Wildman–Crippen LogP) is 2.63. The van der Waals surface area contributed by atoms with Gasteiger partial charge in [0.1, 0.15) is 27.0 Å². The number of hydrogen-bond acceptors (Lipinski definition) is 4. The summed E-state index contributed by atoms with van der Waals surface area (Å²) in [7, 11) is -1.99. The third kappa shape index (κ3) is 1.48. The van der Waals surface area contributed by atoms with E-state index in [2.05, 4.69) is 0 Å². The summed E-state index contributed by atoms with van der Waals surface area (Å²) < 4.78 is 35.4. The van der Waals surface area contributed by atoms with Crippen LogP contribution in [0.25, 0.3) is 0 Å². The largest absolute Gasteiger partial charge is 0.497 e. The van der Waals surface area contributed by atoms with E-state index in [1.54, 1.807) is 30.3 Å². The van der Waals surface area contributed by atoms with Gasteiger partial charge in [-0.2, -0.15) is 0 Å². The molecule has 0 saturated heterocycles. The first-order valence-corrected chi connectivity index (χ1v) is 6.81. The minimum atomic E-state index is -3.51. The summed E-state index contributed by atoms with van der Waals surface area (Å²) in [6.45, 7) is 0. The molecule has 0 unspecified atom stereocenters. The molecule has 92 valence electrons. The predicted molar refractivity (Wildman–Crippen MR) is 65.0 cm³/mol. The van der Waals surface area contributed by atoms with Crippen molar-refractivity contribution in [2.24, 2.45) is 0 Å². The van der Waals surface area contributed by atoms with Crippen molar-refractivity contribution in [3.8, 4) is 17.2 Å². The lowest BCUT2D eigenvalue weighted by Gasteiger charge is -2.20. The Morgan fingerprint density at radius 3 is 2.50 bits per heavy atom. The van der Waals surface area contributed by atoms with Gasteiger partial charge in [0.2, 0.25) is 9.84 Å². The van der Waals surface area contributed by atoms with E-state index in [4.69, 9.17) is 9.47 Å². The first kappa shape index (κ1) is 11.1. The number of rotatable bonds is 1. The van der Waals surface area contributed by atoms with Gasteiger partial charge in [-0.1, -0.05) is 12.1 Å². The van der Waals surface area contributed by atoms with Gasteiger partial charge in [-0.3, -0.25) is 0 Å². The molecule has 0 radical (unpaired) electrons. The van der Waals surface area contributed by atoms with Crippen LogP contribution < -0.4 is 9.47 Å². The Hall–Kier alpha value is -2.01. The molecule has 0 fully saturated rings. The van der Waals surface area contributed by atoms with Gasteiger partial charge in [-0.25, -0.2) is 8.42 Å². The van der Waals surface area contributed by atoms with Crippen LogP contribution in [0.3, 0.4) is 0 Å². The molecule has 0 aromatic heterocycles. The molecule has 2 aromatic rings. The zero-order chi connectivity index (χ0) is 12.8. The molecule has 1 heterocycles. The third-order valence-electron chi connectivity index (χ3n) is 2.80. The Morgan fingerprint density at radius 2 is 1.72 bits per heavy atom. The fraction of sp³-hybridized carbons (Fsp3) is 0.0769. The maximum Gasteiger partial charge on any atom is 0.213 e. The van der Waals surface area contributed by atoms with Crippen molar-refractivity contribution >= 4 is 9.84 Å². The van der Waals surface area contributed by atoms with Crippen LogP contribution in [-0.4, -0.2) is 15.5 Å². The monoisotopic (exact) mass is 262 g/mol. The Kier molecular flexibility index (Phi) is 2.31.